The lowest BCUT2D eigenvalue weighted by molar-refractivity contribution is -0.137. The lowest BCUT2D eigenvalue weighted by Gasteiger charge is -2.22. The Morgan fingerprint density at radius 1 is 0.980 bits per heavy atom. The molecule has 12 nitrogen and oxygen atoms in total. The number of primary amides is 2. The molecule has 4 rings (SSSR count). The molecule has 2 aliphatic rings. The Balaban J connectivity index is 0.000000829. The van der Waals surface area contributed by atoms with Gasteiger partial charge in [0.1, 0.15) is 17.5 Å². The number of nitrogens with one attached hydrogen (secondary N) is 1. The number of unbranched alkanes of at least 4 members (excludes halogenated alkanes) is 4. The largest absolute Gasteiger partial charge is 0.501 e. The number of benzene rings is 1. The van der Waals surface area contributed by atoms with Crippen LogP contribution in [-0.2, 0) is 23.9 Å². The smallest absolute Gasteiger partial charge is 0.354 e. The first-order chi connectivity index (χ1) is 23.9. The Morgan fingerprint density at radius 3 is 2.20 bits per heavy atom. The van der Waals surface area contributed by atoms with E-state index in [2.05, 4.69) is 34.2 Å². The maximum Gasteiger partial charge on any atom is 0.354 e. The van der Waals surface area contributed by atoms with Crippen LogP contribution in [0.3, 0.4) is 0 Å². The predicted molar refractivity (Wildman–Crippen MR) is 199 cm³/mol. The zero-order valence-corrected chi connectivity index (χ0v) is 31.3. The molecule has 12 heteroatoms. The molecule has 1 aromatic heterocycles. The van der Waals surface area contributed by atoms with Crippen molar-refractivity contribution in [3.05, 3.63) is 64.7 Å². The molecule has 1 saturated carbocycles. The predicted octanol–water partition coefficient (Wildman–Crippen LogP) is 6.02. The van der Waals surface area contributed by atoms with Crippen LogP contribution in [0.2, 0.25) is 0 Å². The number of ether oxygens (including phenoxy) is 3. The number of hydrogen-bond donors (Lipinski definition) is 3. The topological polar surface area (TPSA) is 184 Å². The zero-order valence-electron chi connectivity index (χ0n) is 31.3. The molecule has 2 aromatic rings. The molecular formula is C38H60N4O8. The van der Waals surface area contributed by atoms with Crippen molar-refractivity contribution in [1.82, 2.24) is 9.88 Å². The van der Waals surface area contributed by atoms with Crippen LogP contribution in [0, 0.1) is 11.8 Å². The van der Waals surface area contributed by atoms with Gasteiger partial charge in [0.25, 0.3) is 0 Å². The fourth-order valence-corrected chi connectivity index (χ4v) is 5.20. The Kier molecular flexibility index (Phi) is 23.0. The minimum atomic E-state index is -0.577. The van der Waals surface area contributed by atoms with Gasteiger partial charge in [0.2, 0.25) is 17.7 Å². The number of fused-ring (bicyclic) bond motifs is 1. The number of methoxy groups -OCH3 is 3. The van der Waals surface area contributed by atoms with Gasteiger partial charge in [-0.1, -0.05) is 59.3 Å². The van der Waals surface area contributed by atoms with E-state index < -0.39 is 5.97 Å². The van der Waals surface area contributed by atoms with E-state index in [1.54, 1.807) is 30.2 Å². The van der Waals surface area contributed by atoms with Gasteiger partial charge in [-0.05, 0) is 56.6 Å². The van der Waals surface area contributed by atoms with E-state index in [9.17, 15) is 24.0 Å². The van der Waals surface area contributed by atoms with Crippen molar-refractivity contribution in [3.8, 4) is 5.75 Å². The molecule has 0 radical (unpaired) electrons. The molecule has 2 fully saturated rings. The number of nitrogens with zero attached hydrogens (tertiary/aromatic N) is 1. The zero-order chi connectivity index (χ0) is 38.2. The number of allylic oxidation sites excluding steroid dienone is 3. The number of hydrogen-bond acceptors (Lipinski definition) is 8. The number of aromatic nitrogens is 1. The summed E-state index contributed by atoms with van der Waals surface area (Å²) in [6.07, 6.45) is 13.2. The van der Waals surface area contributed by atoms with Gasteiger partial charge in [-0.3, -0.25) is 19.2 Å². The number of H-pyrrole nitrogens is 1. The van der Waals surface area contributed by atoms with E-state index in [1.165, 1.54) is 27.2 Å². The number of rotatable bonds is 13. The Labute approximate surface area is 297 Å². The van der Waals surface area contributed by atoms with Crippen molar-refractivity contribution in [2.24, 2.45) is 23.3 Å². The third-order valence-corrected chi connectivity index (χ3v) is 7.75. The third kappa shape index (κ3) is 16.2. The first-order valence-corrected chi connectivity index (χ1v) is 17.5. The highest BCUT2D eigenvalue weighted by Crippen LogP contribution is 2.44. The maximum atomic E-state index is 12.2. The van der Waals surface area contributed by atoms with Crippen molar-refractivity contribution in [2.45, 2.75) is 98.4 Å². The highest BCUT2D eigenvalue weighted by atomic mass is 16.5. The number of aromatic amines is 1. The molecule has 1 saturated heterocycles. The van der Waals surface area contributed by atoms with Crippen molar-refractivity contribution >= 4 is 34.6 Å². The van der Waals surface area contributed by atoms with Crippen LogP contribution in [-0.4, -0.2) is 67.5 Å². The first-order valence-electron chi connectivity index (χ1n) is 17.5. The van der Waals surface area contributed by atoms with Gasteiger partial charge in [0.05, 0.1) is 32.6 Å². The summed E-state index contributed by atoms with van der Waals surface area (Å²) in [4.78, 5) is 60.3. The Bertz CT molecular complexity index is 1450. The average molecular weight is 701 g/mol. The molecule has 1 aliphatic carbocycles. The van der Waals surface area contributed by atoms with Gasteiger partial charge >= 0.3 is 5.97 Å². The highest BCUT2D eigenvalue weighted by molar-refractivity contribution is 5.91. The van der Waals surface area contributed by atoms with Crippen LogP contribution in [0.15, 0.2) is 53.6 Å². The molecule has 1 aromatic carbocycles. The van der Waals surface area contributed by atoms with Gasteiger partial charge < -0.3 is 35.6 Å². The van der Waals surface area contributed by atoms with E-state index in [-0.39, 0.29) is 34.9 Å². The van der Waals surface area contributed by atoms with Crippen LogP contribution < -0.4 is 21.6 Å². The normalized spacial score (nSPS) is 16.9. The first kappa shape index (κ1) is 45.4. The second kappa shape index (κ2) is 25.4. The van der Waals surface area contributed by atoms with Crippen LogP contribution >= 0.6 is 0 Å². The van der Waals surface area contributed by atoms with Gasteiger partial charge in [0, 0.05) is 43.3 Å². The van der Waals surface area contributed by atoms with E-state index >= 15 is 0 Å². The number of esters is 1. The summed E-state index contributed by atoms with van der Waals surface area (Å²) in [6.45, 7) is 13.9. The van der Waals surface area contributed by atoms with Crippen molar-refractivity contribution in [3.63, 3.8) is 0 Å². The van der Waals surface area contributed by atoms with Crippen LogP contribution in [0.4, 0.5) is 0 Å². The molecule has 0 bridgehead atoms. The van der Waals surface area contributed by atoms with Crippen molar-refractivity contribution < 1.29 is 33.4 Å². The molecular weight excluding hydrogens is 640 g/mol. The van der Waals surface area contributed by atoms with Gasteiger partial charge in [0.15, 0.2) is 5.43 Å². The summed E-state index contributed by atoms with van der Waals surface area (Å²) in [5, 5.41) is 0.499. The number of nitrogens with two attached hydrogens (primary N) is 2. The molecule has 0 spiro atoms. The lowest BCUT2D eigenvalue weighted by Crippen LogP contribution is -2.43. The number of carbonyl (C=O) groups excluding carboxylic acids is 4. The van der Waals surface area contributed by atoms with Gasteiger partial charge in [-0.25, -0.2) is 4.79 Å². The summed E-state index contributed by atoms with van der Waals surface area (Å²) >= 11 is 0. The summed E-state index contributed by atoms with van der Waals surface area (Å²) in [6, 6.07) is 5.84. The Hall–Kier alpha value is -4.61. The van der Waals surface area contributed by atoms with Gasteiger partial charge in [-0.15, -0.1) is 0 Å². The lowest BCUT2D eigenvalue weighted by atomic mass is 10.1. The van der Waals surface area contributed by atoms with Crippen LogP contribution in [0.25, 0.3) is 10.9 Å². The minimum absolute atomic E-state index is 0.0827. The minimum Gasteiger partial charge on any atom is -0.501 e. The average Bonchev–Trinajstić information content (AvgIpc) is 3.71. The van der Waals surface area contributed by atoms with E-state index in [0.717, 1.165) is 50.7 Å². The molecule has 3 atom stereocenters. The fourth-order valence-electron chi connectivity index (χ4n) is 5.20. The molecule has 1 aliphatic heterocycles. The van der Waals surface area contributed by atoms with Crippen molar-refractivity contribution in [1.29, 1.82) is 0 Å². The van der Waals surface area contributed by atoms with E-state index in [1.807, 2.05) is 27.7 Å². The summed E-state index contributed by atoms with van der Waals surface area (Å²) < 4.78 is 14.8. The second-order valence-electron chi connectivity index (χ2n) is 11.3. The number of likely N-dealkylation sites (tertiary alicyclic amines) is 1. The van der Waals surface area contributed by atoms with Crippen molar-refractivity contribution in [2.75, 3.05) is 27.9 Å². The highest BCUT2D eigenvalue weighted by Gasteiger charge is 2.37. The SMILES string of the molecule is C=C(OC)C1CC1/C=C\CCCCCCC(=O)N1CCCC1C(N)=O.CC.CC.CC(N)=O.COC(=O)c1cc(=O)c2ccc(OC)cc2[nH]1. The van der Waals surface area contributed by atoms with E-state index in [4.69, 9.17) is 15.2 Å². The molecule has 2 heterocycles. The maximum absolute atomic E-state index is 12.2. The molecule has 50 heavy (non-hydrogen) atoms. The van der Waals surface area contributed by atoms with Crippen LogP contribution in [0.1, 0.15) is 103 Å². The number of pyridine rings is 1. The Morgan fingerprint density at radius 2 is 1.62 bits per heavy atom. The monoisotopic (exact) mass is 700 g/mol. The van der Waals surface area contributed by atoms with Gasteiger partial charge in [-0.2, -0.15) is 0 Å². The van der Waals surface area contributed by atoms with Crippen LogP contribution in [0.5, 0.6) is 5.75 Å². The molecule has 5 N–H and O–H groups in total. The number of carbonyl (C=O) groups is 4. The van der Waals surface area contributed by atoms with E-state index in [0.29, 0.717) is 47.9 Å². The number of amides is 3. The quantitative estimate of drug-likeness (QED) is 0.0980. The fraction of sp³-hybridized carbons (Fsp3) is 0.553. The third-order valence-electron chi connectivity index (χ3n) is 7.75. The summed E-state index contributed by atoms with van der Waals surface area (Å²) in [5.74, 6) is 1.44. The molecule has 3 unspecified atom stereocenters. The summed E-state index contributed by atoms with van der Waals surface area (Å²) in [7, 11) is 4.48. The standard InChI is InChI=1S/C20H32N2O3.C12H11NO4.C2H5NO.2C2H6/c1-15(25-2)17-14-16(17)10-7-5-3-4-6-8-12-19(23)22-13-9-11-18(22)20(21)24;1-16-7-3-4-8-9(5-7)13-10(6-11(8)14)12(15)17-2;1-2(3)4;2*1-2/h7,10,16-18H,1,3-6,8-9,11-14H2,2H3,(H2,21,24);3-6H,1-2H3,(H,13,14);1H3,(H2,3,4);2*1-2H3/b10-7-;;;;. The summed E-state index contributed by atoms with van der Waals surface area (Å²) in [5.41, 5.74) is 10.3. The molecule has 280 valence electrons. The molecule has 3 amide bonds. The second-order valence-corrected chi connectivity index (χ2v) is 11.3.